The molecule has 0 unspecified atom stereocenters. The van der Waals surface area contributed by atoms with Crippen LogP contribution in [-0.2, 0) is 32.7 Å². The molecule has 0 saturated carbocycles. The third-order valence-corrected chi connectivity index (χ3v) is 2.85. The van der Waals surface area contributed by atoms with E-state index in [9.17, 15) is 0 Å². The normalized spacial score (nSPS) is 10.3. The Morgan fingerprint density at radius 2 is 1.29 bits per heavy atom. The fraction of sp³-hybridized carbons (Fsp3) is 1.00. The molecule has 0 atom stereocenters. The molecule has 0 saturated heterocycles. The molecule has 0 aromatic carbocycles. The van der Waals surface area contributed by atoms with E-state index in [2.05, 4.69) is 26.9 Å². The van der Waals surface area contributed by atoms with Crippen LogP contribution in [0.2, 0.25) is 0 Å². The molecule has 0 spiro atoms. The second-order valence-electron chi connectivity index (χ2n) is 2.61. The van der Waals surface area contributed by atoms with Crippen molar-refractivity contribution >= 4 is 7.26 Å². The van der Waals surface area contributed by atoms with Crippen molar-refractivity contribution in [3.05, 3.63) is 0 Å². The molecule has 0 aromatic heterocycles. The SMILES string of the molecule is CC[P+](C)(C)C.[Y]. The summed E-state index contributed by atoms with van der Waals surface area (Å²) in [7, 11) is -0.397. The monoisotopic (exact) mass is 194 g/mol. The van der Waals surface area contributed by atoms with Gasteiger partial charge in [0.05, 0.1) is 6.16 Å². The zero-order valence-corrected chi connectivity index (χ0v) is 9.46. The van der Waals surface area contributed by atoms with Crippen LogP contribution in [0.1, 0.15) is 6.92 Å². The standard InChI is InChI=1S/C5H14P.Y/c1-5-6(2,3)4;/h5H2,1-4H3;/q+1;. The molecule has 0 aromatic rings. The van der Waals surface area contributed by atoms with Crippen LogP contribution in [0.3, 0.4) is 0 Å². The van der Waals surface area contributed by atoms with Crippen molar-refractivity contribution in [1.82, 2.24) is 0 Å². The second kappa shape index (κ2) is 4.42. The molecule has 0 amide bonds. The Kier molecular flexibility index (Phi) is 7.16. The van der Waals surface area contributed by atoms with Gasteiger partial charge in [0.25, 0.3) is 0 Å². The van der Waals surface area contributed by atoms with E-state index < -0.39 is 7.26 Å². The van der Waals surface area contributed by atoms with E-state index in [0.29, 0.717) is 0 Å². The molecular weight excluding hydrogens is 180 g/mol. The summed E-state index contributed by atoms with van der Waals surface area (Å²) >= 11 is 0. The van der Waals surface area contributed by atoms with E-state index in [1.807, 2.05) is 0 Å². The fourth-order valence-electron chi connectivity index (χ4n) is 0. The summed E-state index contributed by atoms with van der Waals surface area (Å²) in [6.45, 7) is 9.32. The second-order valence-corrected chi connectivity index (χ2v) is 7.82. The maximum absolute atomic E-state index is 2.35. The smallest absolute Gasteiger partial charge is 0.0312 e. The van der Waals surface area contributed by atoms with Crippen LogP contribution in [0.25, 0.3) is 0 Å². The van der Waals surface area contributed by atoms with Gasteiger partial charge >= 0.3 is 0 Å². The first kappa shape index (κ1) is 11.3. The Hall–Kier alpha value is 1.53. The third kappa shape index (κ3) is 11.2. The summed E-state index contributed by atoms with van der Waals surface area (Å²) in [6, 6.07) is 0. The Morgan fingerprint density at radius 3 is 1.29 bits per heavy atom. The molecular formula is C5H14PY+. The van der Waals surface area contributed by atoms with Gasteiger partial charge in [-0.15, -0.1) is 0 Å². The number of hydrogen-bond acceptors (Lipinski definition) is 0. The minimum absolute atomic E-state index is 0. The summed E-state index contributed by atoms with van der Waals surface area (Å²) in [6.07, 6.45) is 1.38. The summed E-state index contributed by atoms with van der Waals surface area (Å²) in [5.74, 6) is 0. The van der Waals surface area contributed by atoms with Gasteiger partial charge < -0.3 is 0 Å². The van der Waals surface area contributed by atoms with Gasteiger partial charge in [0, 0.05) is 60.0 Å². The van der Waals surface area contributed by atoms with E-state index in [4.69, 9.17) is 0 Å². The summed E-state index contributed by atoms with van der Waals surface area (Å²) in [5, 5.41) is 0. The molecule has 0 rings (SSSR count). The average molecular weight is 194 g/mol. The predicted molar refractivity (Wildman–Crippen MR) is 35.2 cm³/mol. The number of rotatable bonds is 1. The third-order valence-electron chi connectivity index (χ3n) is 0.949. The quantitative estimate of drug-likeness (QED) is 0.559. The van der Waals surface area contributed by atoms with Crippen LogP contribution < -0.4 is 0 Å². The largest absolute Gasteiger partial charge is 0.0558 e. The molecule has 0 N–H and O–H groups in total. The van der Waals surface area contributed by atoms with Crippen molar-refractivity contribution < 1.29 is 32.7 Å². The molecule has 0 fully saturated rings. The molecule has 2 heteroatoms. The van der Waals surface area contributed by atoms with Crippen LogP contribution >= 0.6 is 7.26 Å². The minimum Gasteiger partial charge on any atom is -0.0312 e. The molecule has 0 nitrogen and oxygen atoms in total. The summed E-state index contributed by atoms with van der Waals surface area (Å²) in [4.78, 5) is 0. The summed E-state index contributed by atoms with van der Waals surface area (Å²) in [5.41, 5.74) is 0. The van der Waals surface area contributed by atoms with Crippen LogP contribution in [0.4, 0.5) is 0 Å². The fourth-order valence-corrected chi connectivity index (χ4v) is 0. The molecule has 0 aliphatic heterocycles. The first-order valence-corrected chi connectivity index (χ1v) is 5.68. The Morgan fingerprint density at radius 1 is 1.14 bits per heavy atom. The molecule has 41 valence electrons. The van der Waals surface area contributed by atoms with Crippen molar-refractivity contribution in [1.29, 1.82) is 0 Å². The molecule has 0 aliphatic rings. The zero-order chi connectivity index (χ0) is 5.21. The van der Waals surface area contributed by atoms with E-state index >= 15 is 0 Å². The van der Waals surface area contributed by atoms with Crippen LogP contribution in [0.5, 0.6) is 0 Å². The first-order valence-electron chi connectivity index (χ1n) is 2.36. The van der Waals surface area contributed by atoms with E-state index in [-0.39, 0.29) is 32.7 Å². The van der Waals surface area contributed by atoms with Crippen LogP contribution in [0, 0.1) is 0 Å². The van der Waals surface area contributed by atoms with Crippen molar-refractivity contribution in [3.8, 4) is 0 Å². The van der Waals surface area contributed by atoms with Crippen molar-refractivity contribution in [3.63, 3.8) is 0 Å². The molecule has 0 aliphatic carbocycles. The van der Waals surface area contributed by atoms with Gasteiger partial charge in [-0.1, -0.05) is 0 Å². The van der Waals surface area contributed by atoms with Crippen molar-refractivity contribution in [2.24, 2.45) is 0 Å². The predicted octanol–water partition coefficient (Wildman–Crippen LogP) is 1.91. The molecule has 7 heavy (non-hydrogen) atoms. The van der Waals surface area contributed by atoms with E-state index in [0.717, 1.165) is 0 Å². The van der Waals surface area contributed by atoms with Gasteiger partial charge in [-0.2, -0.15) is 0 Å². The van der Waals surface area contributed by atoms with Gasteiger partial charge in [0.1, 0.15) is 0 Å². The first-order chi connectivity index (χ1) is 2.56. The average Bonchev–Trinajstić information content (AvgIpc) is 1.35. The maximum Gasteiger partial charge on any atom is 0.0558 e. The zero-order valence-electron chi connectivity index (χ0n) is 5.73. The van der Waals surface area contributed by atoms with Crippen LogP contribution in [0.15, 0.2) is 0 Å². The van der Waals surface area contributed by atoms with Gasteiger partial charge in [-0.05, 0) is 6.92 Å². The molecule has 0 bridgehead atoms. The van der Waals surface area contributed by atoms with Gasteiger partial charge in [0.15, 0.2) is 0 Å². The number of hydrogen-bond donors (Lipinski definition) is 0. The van der Waals surface area contributed by atoms with Gasteiger partial charge in [-0.3, -0.25) is 0 Å². The Bertz CT molecular complexity index is 37.8. The van der Waals surface area contributed by atoms with Crippen LogP contribution in [-0.4, -0.2) is 26.2 Å². The molecule has 0 heterocycles. The van der Waals surface area contributed by atoms with Gasteiger partial charge in [0.2, 0.25) is 0 Å². The Labute approximate surface area is 72.7 Å². The topological polar surface area (TPSA) is 0 Å². The van der Waals surface area contributed by atoms with Crippen molar-refractivity contribution in [2.45, 2.75) is 6.92 Å². The Balaban J connectivity index is 0. The van der Waals surface area contributed by atoms with Crippen molar-refractivity contribution in [2.75, 3.05) is 26.2 Å². The maximum atomic E-state index is 2.35. The van der Waals surface area contributed by atoms with E-state index in [1.54, 1.807) is 0 Å². The summed E-state index contributed by atoms with van der Waals surface area (Å²) < 4.78 is 0. The van der Waals surface area contributed by atoms with E-state index in [1.165, 1.54) is 6.16 Å². The molecule has 1 radical (unpaired) electrons. The van der Waals surface area contributed by atoms with Gasteiger partial charge in [-0.25, -0.2) is 0 Å². The minimum atomic E-state index is -0.397.